The van der Waals surface area contributed by atoms with Crippen LogP contribution in [0.4, 0.5) is 0 Å². The van der Waals surface area contributed by atoms with Gasteiger partial charge in [-0.25, -0.2) is 0 Å². The van der Waals surface area contributed by atoms with Gasteiger partial charge in [-0.05, 0) is 61.3 Å². The van der Waals surface area contributed by atoms with Crippen LogP contribution >= 0.6 is 0 Å². The van der Waals surface area contributed by atoms with E-state index in [1.54, 1.807) is 0 Å². The van der Waals surface area contributed by atoms with Gasteiger partial charge >= 0.3 is 0 Å². The van der Waals surface area contributed by atoms with Gasteiger partial charge in [0.25, 0.3) is 5.88 Å². The number of hydrogen-bond donors (Lipinski definition) is 0. The lowest BCUT2D eigenvalue weighted by Gasteiger charge is -2.46. The Kier molecular flexibility index (Phi) is 4.22. The van der Waals surface area contributed by atoms with Crippen LogP contribution in [0, 0.1) is 35.5 Å². The molecule has 31 heavy (non-hydrogen) atoms. The number of ketones is 2. The fourth-order valence-electron chi connectivity index (χ4n) is 6.68. The van der Waals surface area contributed by atoms with Crippen molar-refractivity contribution in [1.82, 2.24) is 10.1 Å². The number of benzene rings is 1. The lowest BCUT2D eigenvalue weighted by molar-refractivity contribution is -0.134. The van der Waals surface area contributed by atoms with Crippen molar-refractivity contribution < 1.29 is 18.8 Å². The standard InChI is InChI=1S/C25H26N2O4/c1-27(2)21-17-11-16-14-8-9-15(10-14)18(16)22(28)19(17)23(29)20-24(21)31-26-25(20)30-12-13-6-4-3-5-7-13/h3-9,14-19,21H,10-12H2,1-2H3/t14-,15+,16-,17+,18+,19?,21+/m0/s1. The van der Waals surface area contributed by atoms with Crippen LogP contribution in [-0.2, 0) is 11.4 Å². The van der Waals surface area contributed by atoms with Gasteiger partial charge in [0, 0.05) is 5.92 Å². The summed E-state index contributed by atoms with van der Waals surface area (Å²) in [5.74, 6) is 1.09. The smallest absolute Gasteiger partial charge is 0.265 e. The Bertz CT molecular complexity index is 1070. The molecule has 1 unspecified atom stereocenters. The molecule has 0 spiro atoms. The van der Waals surface area contributed by atoms with Crippen LogP contribution in [-0.4, -0.2) is 35.7 Å². The first kappa shape index (κ1) is 19.0. The fraction of sp³-hybridized carbons (Fsp3) is 0.480. The highest BCUT2D eigenvalue weighted by molar-refractivity contribution is 6.14. The second kappa shape index (κ2) is 6.89. The number of carbonyl (C=O) groups is 2. The molecule has 6 nitrogen and oxygen atoms in total. The lowest BCUT2D eigenvalue weighted by Crippen LogP contribution is -2.52. The summed E-state index contributed by atoms with van der Waals surface area (Å²) < 4.78 is 11.6. The van der Waals surface area contributed by atoms with E-state index in [0.29, 0.717) is 35.7 Å². The Hall–Kier alpha value is -2.73. The van der Waals surface area contributed by atoms with E-state index in [0.717, 1.165) is 18.4 Å². The fourth-order valence-corrected chi connectivity index (χ4v) is 6.68. The molecule has 0 amide bonds. The van der Waals surface area contributed by atoms with Crippen molar-refractivity contribution in [3.05, 3.63) is 59.4 Å². The van der Waals surface area contributed by atoms with E-state index in [1.807, 2.05) is 44.4 Å². The third-order valence-corrected chi connectivity index (χ3v) is 7.89. The van der Waals surface area contributed by atoms with E-state index in [2.05, 4.69) is 22.2 Å². The summed E-state index contributed by atoms with van der Waals surface area (Å²) in [7, 11) is 3.96. The van der Waals surface area contributed by atoms with Crippen LogP contribution in [0.15, 0.2) is 47.0 Å². The maximum atomic E-state index is 13.7. The molecular formula is C25H26N2O4. The molecule has 0 saturated heterocycles. The average Bonchev–Trinajstić information content (AvgIpc) is 3.48. The minimum absolute atomic E-state index is 0.0156. The molecule has 2 fully saturated rings. The number of rotatable bonds is 4. The molecule has 0 aliphatic heterocycles. The highest BCUT2D eigenvalue weighted by Gasteiger charge is 2.61. The zero-order valence-electron chi connectivity index (χ0n) is 17.7. The van der Waals surface area contributed by atoms with Gasteiger partial charge in [-0.1, -0.05) is 42.5 Å². The summed E-state index contributed by atoms with van der Waals surface area (Å²) in [4.78, 5) is 29.4. The summed E-state index contributed by atoms with van der Waals surface area (Å²) in [6, 6.07) is 9.58. The van der Waals surface area contributed by atoms with Crippen molar-refractivity contribution in [3.63, 3.8) is 0 Å². The van der Waals surface area contributed by atoms with Crippen molar-refractivity contribution >= 4 is 11.6 Å². The Morgan fingerprint density at radius 1 is 1.06 bits per heavy atom. The molecule has 2 saturated carbocycles. The molecule has 2 aromatic rings. The summed E-state index contributed by atoms with van der Waals surface area (Å²) in [6.45, 7) is 0.293. The number of carbonyl (C=O) groups excluding carboxylic acids is 2. The van der Waals surface area contributed by atoms with Gasteiger partial charge in [0.1, 0.15) is 18.0 Å². The van der Waals surface area contributed by atoms with E-state index < -0.39 is 5.92 Å². The van der Waals surface area contributed by atoms with E-state index in [4.69, 9.17) is 9.26 Å². The van der Waals surface area contributed by atoms with Crippen LogP contribution < -0.4 is 4.74 Å². The van der Waals surface area contributed by atoms with Crippen molar-refractivity contribution in [2.45, 2.75) is 25.5 Å². The SMILES string of the molecule is CN(C)[C@H]1c2onc(OCc3ccccc3)c2C(=O)C2C(=O)[C@H]3[C@@H](C[C@H]21)[C@H]1C=C[C@@H]3C1. The predicted octanol–water partition coefficient (Wildman–Crippen LogP) is 3.70. The molecule has 6 rings (SSSR count). The summed E-state index contributed by atoms with van der Waals surface area (Å²) >= 11 is 0. The highest BCUT2D eigenvalue weighted by atomic mass is 16.5. The molecule has 1 heterocycles. The number of fused-ring (bicyclic) bond motifs is 7. The van der Waals surface area contributed by atoms with Crippen LogP contribution in [0.25, 0.3) is 0 Å². The van der Waals surface area contributed by atoms with Crippen molar-refractivity contribution in [1.29, 1.82) is 0 Å². The molecule has 1 aromatic carbocycles. The van der Waals surface area contributed by atoms with Gasteiger partial charge in [-0.3, -0.25) is 14.5 Å². The van der Waals surface area contributed by atoms with E-state index in [1.165, 1.54) is 0 Å². The Labute approximate surface area is 181 Å². The van der Waals surface area contributed by atoms with Crippen LogP contribution in [0.1, 0.15) is 40.6 Å². The quantitative estimate of drug-likeness (QED) is 0.557. The first-order valence-electron chi connectivity index (χ1n) is 11.1. The van der Waals surface area contributed by atoms with Gasteiger partial charge in [-0.15, -0.1) is 0 Å². The summed E-state index contributed by atoms with van der Waals surface area (Å²) in [6.07, 6.45) is 6.41. The number of aromatic nitrogens is 1. The number of Topliss-reactive ketones (excluding diaryl/α,β-unsaturated/α-hetero) is 2. The van der Waals surface area contributed by atoms with E-state index >= 15 is 0 Å². The van der Waals surface area contributed by atoms with Gasteiger partial charge in [0.15, 0.2) is 11.5 Å². The minimum atomic E-state index is -0.632. The normalized spacial score (nSPS) is 35.3. The van der Waals surface area contributed by atoms with E-state index in [9.17, 15) is 9.59 Å². The summed E-state index contributed by atoms with van der Waals surface area (Å²) in [5, 5.41) is 4.12. The molecule has 7 atom stereocenters. The molecule has 4 aliphatic rings. The highest BCUT2D eigenvalue weighted by Crippen LogP contribution is 2.59. The van der Waals surface area contributed by atoms with Gasteiger partial charge in [-0.2, -0.15) is 0 Å². The minimum Gasteiger partial charge on any atom is -0.470 e. The van der Waals surface area contributed by atoms with Gasteiger partial charge in [0.2, 0.25) is 0 Å². The monoisotopic (exact) mass is 418 g/mol. The molecule has 0 radical (unpaired) electrons. The van der Waals surface area contributed by atoms with Gasteiger partial charge < -0.3 is 9.26 Å². The maximum absolute atomic E-state index is 13.7. The topological polar surface area (TPSA) is 72.6 Å². The molecule has 2 bridgehead atoms. The first-order valence-corrected chi connectivity index (χ1v) is 11.1. The molecular weight excluding hydrogens is 392 g/mol. The number of ether oxygens (including phenoxy) is 1. The summed E-state index contributed by atoms with van der Waals surface area (Å²) in [5.41, 5.74) is 1.34. The van der Waals surface area contributed by atoms with Crippen molar-refractivity contribution in [2.24, 2.45) is 35.5 Å². The Balaban J connectivity index is 1.37. The Morgan fingerprint density at radius 2 is 1.84 bits per heavy atom. The zero-order chi connectivity index (χ0) is 21.3. The number of allylic oxidation sites excluding steroid dienone is 2. The predicted molar refractivity (Wildman–Crippen MR) is 112 cm³/mol. The number of nitrogens with zero attached hydrogens (tertiary/aromatic N) is 2. The average molecular weight is 418 g/mol. The molecule has 0 N–H and O–H groups in total. The molecule has 160 valence electrons. The van der Waals surface area contributed by atoms with Gasteiger partial charge in [0.05, 0.1) is 12.0 Å². The third kappa shape index (κ3) is 2.70. The molecule has 6 heteroatoms. The second-order valence-electron chi connectivity index (χ2n) is 9.69. The lowest BCUT2D eigenvalue weighted by atomic mass is 9.58. The molecule has 1 aromatic heterocycles. The first-order chi connectivity index (χ1) is 15.0. The zero-order valence-corrected chi connectivity index (χ0v) is 17.7. The van der Waals surface area contributed by atoms with Crippen LogP contribution in [0.5, 0.6) is 5.88 Å². The molecule has 4 aliphatic carbocycles. The third-order valence-electron chi connectivity index (χ3n) is 7.89. The second-order valence-corrected chi connectivity index (χ2v) is 9.69. The largest absolute Gasteiger partial charge is 0.470 e. The van der Waals surface area contributed by atoms with Crippen molar-refractivity contribution in [3.8, 4) is 5.88 Å². The van der Waals surface area contributed by atoms with Crippen LogP contribution in [0.3, 0.4) is 0 Å². The van der Waals surface area contributed by atoms with Crippen LogP contribution in [0.2, 0.25) is 0 Å². The Morgan fingerprint density at radius 3 is 2.61 bits per heavy atom. The number of hydrogen-bond acceptors (Lipinski definition) is 6. The maximum Gasteiger partial charge on any atom is 0.265 e. The van der Waals surface area contributed by atoms with Crippen molar-refractivity contribution in [2.75, 3.05) is 14.1 Å². The van der Waals surface area contributed by atoms with E-state index in [-0.39, 0.29) is 35.3 Å².